The Balaban J connectivity index is 2.74. The fraction of sp³-hybridized carbons (Fsp3) is 0.417. The molecule has 0 radical (unpaired) electrons. The van der Waals surface area contributed by atoms with Crippen molar-refractivity contribution in [2.45, 2.75) is 9.64 Å². The van der Waals surface area contributed by atoms with E-state index in [-0.39, 0.29) is 0 Å². The van der Waals surface area contributed by atoms with Crippen molar-refractivity contribution in [2.75, 3.05) is 20.8 Å². The summed E-state index contributed by atoms with van der Waals surface area (Å²) >= 11 is 22.8. The van der Waals surface area contributed by atoms with E-state index in [4.69, 9.17) is 64.9 Å². The summed E-state index contributed by atoms with van der Waals surface area (Å²) in [6.07, 6.45) is 0. The molecule has 23 heavy (non-hydrogen) atoms. The molecular weight excluding hydrogens is 413 g/mol. The first-order valence-corrected chi connectivity index (χ1v) is 9.10. The number of ether oxygens (including phenoxy) is 2. The van der Waals surface area contributed by atoms with Crippen LogP contribution < -0.4 is 4.74 Å². The first-order chi connectivity index (χ1) is 10.6. The highest BCUT2D eigenvalue weighted by Gasteiger charge is 2.51. The minimum absolute atomic E-state index is 0.374. The van der Waals surface area contributed by atoms with Gasteiger partial charge in [0.05, 0.1) is 0 Å². The van der Waals surface area contributed by atoms with Crippen LogP contribution in [0.1, 0.15) is 0 Å². The molecule has 0 aliphatic rings. The van der Waals surface area contributed by atoms with Crippen LogP contribution in [0.3, 0.4) is 0 Å². The van der Waals surface area contributed by atoms with Gasteiger partial charge in [-0.15, -0.1) is 0 Å². The second-order valence-electron chi connectivity index (χ2n) is 4.03. The lowest BCUT2D eigenvalue weighted by Crippen LogP contribution is -2.34. The topological polar surface area (TPSA) is 71.1 Å². The maximum Gasteiger partial charge on any atom is 0.374 e. The van der Waals surface area contributed by atoms with E-state index >= 15 is 0 Å². The molecule has 0 aliphatic carbocycles. The fourth-order valence-electron chi connectivity index (χ4n) is 1.41. The number of hydrogen-bond donors (Lipinski definition) is 0. The highest BCUT2D eigenvalue weighted by atomic mass is 35.6. The number of esters is 1. The van der Waals surface area contributed by atoms with Gasteiger partial charge >= 0.3 is 13.6 Å². The van der Waals surface area contributed by atoms with Gasteiger partial charge in [-0.25, -0.2) is 4.79 Å². The minimum Gasteiger partial charge on any atom is -0.482 e. The van der Waals surface area contributed by atoms with Crippen molar-refractivity contribution in [3.8, 4) is 5.75 Å². The zero-order valence-corrected chi connectivity index (χ0v) is 15.9. The van der Waals surface area contributed by atoms with Crippen LogP contribution in [0.4, 0.5) is 0 Å². The lowest BCUT2D eigenvalue weighted by molar-refractivity contribution is -0.148. The van der Waals surface area contributed by atoms with E-state index in [0.29, 0.717) is 10.8 Å². The average Bonchev–Trinajstić information content (AvgIpc) is 2.50. The summed E-state index contributed by atoms with van der Waals surface area (Å²) in [5, 5.41) is 0.511. The Labute approximate surface area is 153 Å². The minimum atomic E-state index is -3.98. The van der Waals surface area contributed by atoms with Crippen molar-refractivity contribution >= 4 is 60.0 Å². The summed E-state index contributed by atoms with van der Waals surface area (Å²) < 4.78 is 29.6. The Morgan fingerprint density at radius 1 is 1.17 bits per heavy atom. The van der Waals surface area contributed by atoms with Crippen molar-refractivity contribution in [1.82, 2.24) is 0 Å². The third-order valence-electron chi connectivity index (χ3n) is 2.49. The first-order valence-electron chi connectivity index (χ1n) is 5.98. The number of rotatable bonds is 7. The van der Waals surface area contributed by atoms with Gasteiger partial charge in [0, 0.05) is 19.2 Å². The van der Waals surface area contributed by atoms with Crippen molar-refractivity contribution in [2.24, 2.45) is 0 Å². The summed E-state index contributed by atoms with van der Waals surface area (Å²) in [5.74, 6) is -2.31. The van der Waals surface area contributed by atoms with Gasteiger partial charge in [0.2, 0.25) is 9.64 Å². The van der Waals surface area contributed by atoms with Crippen molar-refractivity contribution in [3.05, 3.63) is 29.3 Å². The van der Waals surface area contributed by atoms with Crippen LogP contribution >= 0.6 is 54.0 Å². The van der Waals surface area contributed by atoms with E-state index in [1.807, 2.05) is 0 Å². The van der Waals surface area contributed by atoms with E-state index < -0.39 is 29.8 Å². The Morgan fingerprint density at radius 2 is 1.70 bits per heavy atom. The predicted octanol–water partition coefficient (Wildman–Crippen LogP) is 4.44. The molecule has 6 nitrogen and oxygen atoms in total. The molecule has 0 fully saturated rings. The van der Waals surface area contributed by atoms with E-state index in [9.17, 15) is 9.36 Å². The molecule has 0 aromatic heterocycles. The maximum atomic E-state index is 12.3. The number of alkyl halides is 3. The van der Waals surface area contributed by atoms with E-state index in [2.05, 4.69) is 0 Å². The lowest BCUT2D eigenvalue weighted by Gasteiger charge is -2.28. The smallest absolute Gasteiger partial charge is 0.374 e. The summed E-state index contributed by atoms with van der Waals surface area (Å²) in [5.41, 5.74) is 0. The summed E-state index contributed by atoms with van der Waals surface area (Å²) in [7, 11) is -1.83. The standard InChI is InChI=1S/C12H13Cl4O6P/c1-19-23(18,20-2)11(12(14,15)16)22-10(17)7-21-9-5-3-8(13)4-6-9/h3-6,11H,7H2,1-2H3. The van der Waals surface area contributed by atoms with Crippen LogP contribution in [0.5, 0.6) is 5.75 Å². The average molecular weight is 426 g/mol. The van der Waals surface area contributed by atoms with Gasteiger partial charge in [-0.05, 0) is 24.3 Å². The largest absolute Gasteiger partial charge is 0.482 e. The van der Waals surface area contributed by atoms with Crippen LogP contribution in [0.25, 0.3) is 0 Å². The highest BCUT2D eigenvalue weighted by Crippen LogP contribution is 2.59. The molecule has 0 spiro atoms. The van der Waals surface area contributed by atoms with Crippen LogP contribution in [0.2, 0.25) is 5.02 Å². The maximum absolute atomic E-state index is 12.3. The van der Waals surface area contributed by atoms with Gasteiger partial charge in [0.25, 0.3) is 0 Å². The molecular formula is C12H13Cl4O6P. The molecule has 1 rings (SSSR count). The summed E-state index contributed by atoms with van der Waals surface area (Å²) in [4.78, 5) is 11.8. The summed E-state index contributed by atoms with van der Waals surface area (Å²) in [6.45, 7) is -0.508. The van der Waals surface area contributed by atoms with Gasteiger partial charge in [0.15, 0.2) is 6.61 Å². The zero-order chi connectivity index (χ0) is 17.7. The van der Waals surface area contributed by atoms with Crippen molar-refractivity contribution in [1.29, 1.82) is 0 Å². The van der Waals surface area contributed by atoms with E-state index in [0.717, 1.165) is 14.2 Å². The van der Waals surface area contributed by atoms with Crippen LogP contribution in [0.15, 0.2) is 24.3 Å². The third-order valence-corrected chi connectivity index (χ3v) is 5.88. The molecule has 0 N–H and O–H groups in total. The number of carbonyl (C=O) groups excluding carboxylic acids is 1. The highest BCUT2D eigenvalue weighted by molar-refractivity contribution is 7.55. The molecule has 0 saturated carbocycles. The van der Waals surface area contributed by atoms with Crippen LogP contribution in [0, 0.1) is 0 Å². The summed E-state index contributed by atoms with van der Waals surface area (Å²) in [6, 6.07) is 6.27. The second kappa shape index (κ2) is 8.77. The lowest BCUT2D eigenvalue weighted by atomic mass is 10.3. The van der Waals surface area contributed by atoms with Gasteiger partial charge in [-0.2, -0.15) is 0 Å². The van der Waals surface area contributed by atoms with Crippen LogP contribution in [-0.2, 0) is 23.1 Å². The molecule has 11 heteroatoms. The number of benzene rings is 1. The van der Waals surface area contributed by atoms with E-state index in [1.165, 1.54) is 0 Å². The quantitative estimate of drug-likeness (QED) is 0.365. The number of hydrogen-bond acceptors (Lipinski definition) is 6. The van der Waals surface area contributed by atoms with E-state index in [1.54, 1.807) is 24.3 Å². The normalized spacial score (nSPS) is 13.5. The van der Waals surface area contributed by atoms with Gasteiger partial charge in [-0.3, -0.25) is 4.57 Å². The number of carbonyl (C=O) groups is 1. The Morgan fingerprint density at radius 3 is 2.13 bits per heavy atom. The van der Waals surface area contributed by atoms with Crippen molar-refractivity contribution < 1.29 is 27.9 Å². The zero-order valence-electron chi connectivity index (χ0n) is 12.0. The van der Waals surface area contributed by atoms with Crippen molar-refractivity contribution in [3.63, 3.8) is 0 Å². The second-order valence-corrected chi connectivity index (χ2v) is 9.12. The third kappa shape index (κ3) is 6.31. The Bertz CT molecular complexity index is 566. The molecule has 0 amide bonds. The fourth-order valence-corrected chi connectivity index (χ4v) is 3.88. The Hall–Kier alpha value is -0.200. The first kappa shape index (κ1) is 20.8. The number of halogens is 4. The van der Waals surface area contributed by atoms with Crippen LogP contribution in [-0.4, -0.2) is 36.4 Å². The monoisotopic (exact) mass is 424 g/mol. The molecule has 1 unspecified atom stereocenters. The molecule has 1 atom stereocenters. The molecule has 0 aliphatic heterocycles. The van der Waals surface area contributed by atoms with Gasteiger partial charge in [0.1, 0.15) is 5.75 Å². The van der Waals surface area contributed by atoms with Gasteiger partial charge in [-0.1, -0.05) is 46.4 Å². The molecule has 1 aromatic carbocycles. The molecule has 1 aromatic rings. The Kier molecular flexibility index (Phi) is 7.94. The molecule has 0 heterocycles. The predicted molar refractivity (Wildman–Crippen MR) is 88.7 cm³/mol. The molecule has 0 bridgehead atoms. The molecule has 0 saturated heterocycles. The molecule has 130 valence electrons. The SMILES string of the molecule is COP(=O)(OC)C(OC(=O)COc1ccc(Cl)cc1)C(Cl)(Cl)Cl. The van der Waals surface area contributed by atoms with Gasteiger partial charge < -0.3 is 18.5 Å².